The molecule has 30 heavy (non-hydrogen) atoms. The molecule has 4 heterocycles. The Balaban J connectivity index is 1.67. The summed E-state index contributed by atoms with van der Waals surface area (Å²) < 4.78 is 3.86. The van der Waals surface area contributed by atoms with E-state index in [-0.39, 0.29) is 23.0 Å². The molecule has 4 aromatic heterocycles. The van der Waals surface area contributed by atoms with E-state index < -0.39 is 11.2 Å². The van der Waals surface area contributed by atoms with Crippen molar-refractivity contribution in [2.24, 2.45) is 14.1 Å². The quantitative estimate of drug-likeness (QED) is 0.373. The molecule has 9 nitrogen and oxygen atoms in total. The van der Waals surface area contributed by atoms with Gasteiger partial charge in [0.1, 0.15) is 10.6 Å². The fraction of sp³-hybridized carbons (Fsp3) is 0.421. The largest absolute Gasteiger partial charge is 0.383 e. The van der Waals surface area contributed by atoms with E-state index in [1.807, 2.05) is 0 Å². The standard InChI is InChI=1S/C19H20ClN7O2S/c1-25-15-13(17(28)26(2)19(25)29)27(18(20)24-15)8-11-22-14(21)12-9-6-4-3-5-7-10(9)30-16(12)23-11/h3-8H2,1-2H3,(H2,21,22,23). The highest BCUT2D eigenvalue weighted by molar-refractivity contribution is 7.19. The number of nitrogen functional groups attached to an aromatic ring is 1. The number of fused-ring (bicyclic) bond motifs is 4. The molecule has 4 aromatic rings. The summed E-state index contributed by atoms with van der Waals surface area (Å²) in [5.74, 6) is 0.906. The number of aromatic nitrogens is 6. The molecule has 0 radical (unpaired) electrons. The number of halogens is 1. The maximum atomic E-state index is 12.7. The number of nitrogens with two attached hydrogens (primary N) is 1. The van der Waals surface area contributed by atoms with Gasteiger partial charge in [-0.2, -0.15) is 4.98 Å². The highest BCUT2D eigenvalue weighted by Gasteiger charge is 2.22. The number of hydrogen-bond acceptors (Lipinski definition) is 7. The number of anilines is 1. The van der Waals surface area contributed by atoms with Crippen LogP contribution in [0.25, 0.3) is 21.4 Å². The normalized spacial score (nSPS) is 14.4. The average Bonchev–Trinajstić information content (AvgIpc) is 3.13. The number of aryl methyl sites for hydroxylation is 3. The first-order chi connectivity index (χ1) is 14.4. The topological polar surface area (TPSA) is 114 Å². The van der Waals surface area contributed by atoms with Gasteiger partial charge in [0.25, 0.3) is 5.56 Å². The summed E-state index contributed by atoms with van der Waals surface area (Å²) in [6.07, 6.45) is 5.61. The summed E-state index contributed by atoms with van der Waals surface area (Å²) in [5, 5.41) is 1.05. The summed E-state index contributed by atoms with van der Waals surface area (Å²) in [6.45, 7) is 0.130. The lowest BCUT2D eigenvalue weighted by Crippen LogP contribution is -2.37. The second-order valence-electron chi connectivity index (χ2n) is 7.61. The molecule has 0 fully saturated rings. The lowest BCUT2D eigenvalue weighted by atomic mass is 10.1. The number of rotatable bonds is 2. The van der Waals surface area contributed by atoms with E-state index in [1.54, 1.807) is 18.4 Å². The van der Waals surface area contributed by atoms with Crippen LogP contribution >= 0.6 is 22.9 Å². The van der Waals surface area contributed by atoms with Crippen molar-refractivity contribution in [2.45, 2.75) is 38.6 Å². The van der Waals surface area contributed by atoms with E-state index in [0.717, 1.165) is 34.0 Å². The third kappa shape index (κ3) is 2.78. The zero-order chi connectivity index (χ0) is 21.2. The summed E-state index contributed by atoms with van der Waals surface area (Å²) >= 11 is 8.00. The maximum absolute atomic E-state index is 12.7. The molecule has 156 valence electrons. The highest BCUT2D eigenvalue weighted by Crippen LogP contribution is 2.37. The molecule has 5 rings (SSSR count). The van der Waals surface area contributed by atoms with Crippen LogP contribution < -0.4 is 17.0 Å². The minimum absolute atomic E-state index is 0.0903. The molecule has 0 saturated heterocycles. The summed E-state index contributed by atoms with van der Waals surface area (Å²) in [7, 11) is 2.98. The van der Waals surface area contributed by atoms with Crippen LogP contribution in [0.1, 0.15) is 35.5 Å². The lowest BCUT2D eigenvalue weighted by molar-refractivity contribution is 0.699. The Morgan fingerprint density at radius 2 is 1.83 bits per heavy atom. The fourth-order valence-electron chi connectivity index (χ4n) is 4.18. The molecule has 0 saturated carbocycles. The van der Waals surface area contributed by atoms with Gasteiger partial charge in [0.15, 0.2) is 17.0 Å². The van der Waals surface area contributed by atoms with Gasteiger partial charge >= 0.3 is 5.69 Å². The second-order valence-corrected chi connectivity index (χ2v) is 9.04. The SMILES string of the molecule is Cn1c(=O)c2c(nc(Cl)n2Cc2nc(N)c3c4c(sc3n2)CCCCC4)n(C)c1=O. The third-order valence-corrected chi connectivity index (χ3v) is 7.21. The molecular weight excluding hydrogens is 426 g/mol. The number of imidazole rings is 1. The lowest BCUT2D eigenvalue weighted by Gasteiger charge is -2.08. The maximum Gasteiger partial charge on any atom is 0.332 e. The van der Waals surface area contributed by atoms with Crippen molar-refractivity contribution in [3.05, 3.63) is 42.4 Å². The van der Waals surface area contributed by atoms with E-state index in [4.69, 9.17) is 22.3 Å². The third-order valence-electron chi connectivity index (χ3n) is 5.74. The Kier molecular flexibility index (Phi) is 4.44. The van der Waals surface area contributed by atoms with Gasteiger partial charge in [0, 0.05) is 19.0 Å². The van der Waals surface area contributed by atoms with E-state index in [0.29, 0.717) is 11.6 Å². The molecule has 0 atom stereocenters. The Morgan fingerprint density at radius 1 is 1.07 bits per heavy atom. The second kappa shape index (κ2) is 6.92. The van der Waals surface area contributed by atoms with Crippen LogP contribution in [0, 0.1) is 0 Å². The minimum atomic E-state index is -0.468. The molecule has 0 aromatic carbocycles. The van der Waals surface area contributed by atoms with Crippen LogP contribution in [0.4, 0.5) is 5.82 Å². The van der Waals surface area contributed by atoms with E-state index in [2.05, 4.69) is 9.97 Å². The smallest absolute Gasteiger partial charge is 0.332 e. The molecule has 0 unspecified atom stereocenters. The zero-order valence-corrected chi connectivity index (χ0v) is 18.2. The molecule has 2 N–H and O–H groups in total. The van der Waals surface area contributed by atoms with Gasteiger partial charge in [-0.05, 0) is 42.8 Å². The fourth-order valence-corrected chi connectivity index (χ4v) is 5.70. The zero-order valence-electron chi connectivity index (χ0n) is 16.6. The first-order valence-corrected chi connectivity index (χ1v) is 10.9. The minimum Gasteiger partial charge on any atom is -0.383 e. The van der Waals surface area contributed by atoms with Crippen LogP contribution in [0.15, 0.2) is 9.59 Å². The Bertz CT molecular complexity index is 1450. The van der Waals surface area contributed by atoms with Gasteiger partial charge in [-0.3, -0.25) is 13.9 Å². The summed E-state index contributed by atoms with van der Waals surface area (Å²) in [6, 6.07) is 0. The van der Waals surface area contributed by atoms with Crippen molar-refractivity contribution in [3.8, 4) is 0 Å². The molecule has 1 aliphatic rings. The molecule has 0 aliphatic heterocycles. The van der Waals surface area contributed by atoms with Gasteiger partial charge in [-0.15, -0.1) is 11.3 Å². The van der Waals surface area contributed by atoms with E-state index in [9.17, 15) is 9.59 Å². The van der Waals surface area contributed by atoms with Gasteiger partial charge < -0.3 is 10.3 Å². The predicted octanol–water partition coefficient (Wildman–Crippen LogP) is 1.99. The van der Waals surface area contributed by atoms with Crippen LogP contribution in [-0.4, -0.2) is 28.7 Å². The number of thiophene rings is 1. The molecule has 0 amide bonds. The number of hydrogen-bond donors (Lipinski definition) is 1. The first-order valence-electron chi connectivity index (χ1n) is 9.75. The van der Waals surface area contributed by atoms with Crippen molar-refractivity contribution in [2.75, 3.05) is 5.73 Å². The Morgan fingerprint density at radius 3 is 2.63 bits per heavy atom. The monoisotopic (exact) mass is 445 g/mol. The summed E-state index contributed by atoms with van der Waals surface area (Å²) in [4.78, 5) is 40.6. The number of nitrogens with zero attached hydrogens (tertiary/aromatic N) is 6. The van der Waals surface area contributed by atoms with Crippen LogP contribution in [-0.2, 0) is 33.5 Å². The van der Waals surface area contributed by atoms with E-state index in [1.165, 1.54) is 39.5 Å². The first kappa shape index (κ1) is 19.3. The van der Waals surface area contributed by atoms with Gasteiger partial charge in [0.2, 0.25) is 5.28 Å². The Hall–Kier alpha value is -2.72. The molecular formula is C19H20ClN7O2S. The van der Waals surface area contributed by atoms with Crippen molar-refractivity contribution in [1.29, 1.82) is 0 Å². The average molecular weight is 446 g/mol. The summed E-state index contributed by atoms with van der Waals surface area (Å²) in [5.41, 5.74) is 7.15. The van der Waals surface area contributed by atoms with Gasteiger partial charge in [-0.25, -0.2) is 14.8 Å². The van der Waals surface area contributed by atoms with E-state index >= 15 is 0 Å². The highest BCUT2D eigenvalue weighted by atomic mass is 35.5. The van der Waals surface area contributed by atoms with Crippen molar-refractivity contribution >= 4 is 50.1 Å². The molecule has 1 aliphatic carbocycles. The van der Waals surface area contributed by atoms with Crippen molar-refractivity contribution in [1.82, 2.24) is 28.7 Å². The predicted molar refractivity (Wildman–Crippen MR) is 117 cm³/mol. The van der Waals surface area contributed by atoms with Gasteiger partial charge in [0.05, 0.1) is 11.9 Å². The van der Waals surface area contributed by atoms with Crippen molar-refractivity contribution in [3.63, 3.8) is 0 Å². The van der Waals surface area contributed by atoms with Gasteiger partial charge in [-0.1, -0.05) is 6.42 Å². The van der Waals surface area contributed by atoms with Crippen LogP contribution in [0.2, 0.25) is 5.28 Å². The molecule has 11 heteroatoms. The molecule has 0 spiro atoms. The van der Waals surface area contributed by atoms with Crippen LogP contribution in [0.3, 0.4) is 0 Å². The Labute approximate surface area is 179 Å². The molecule has 0 bridgehead atoms. The van der Waals surface area contributed by atoms with Crippen molar-refractivity contribution < 1.29 is 0 Å². The van der Waals surface area contributed by atoms with Crippen LogP contribution in [0.5, 0.6) is 0 Å².